The van der Waals surface area contributed by atoms with Crippen molar-refractivity contribution in [3.8, 4) is 5.75 Å². The minimum Gasteiger partial charge on any atom is -0.505 e. The molecule has 1 heterocycles. The second-order valence-electron chi connectivity index (χ2n) is 8.11. The van der Waals surface area contributed by atoms with E-state index in [0.717, 1.165) is 24.3 Å². The predicted molar refractivity (Wildman–Crippen MR) is 127 cm³/mol. The van der Waals surface area contributed by atoms with Crippen LogP contribution in [0.1, 0.15) is 15.9 Å². The maximum atomic E-state index is 12.4. The fourth-order valence-electron chi connectivity index (χ4n) is 3.74. The molecule has 1 saturated heterocycles. The van der Waals surface area contributed by atoms with Gasteiger partial charge in [-0.3, -0.25) is 19.3 Å². The quantitative estimate of drug-likeness (QED) is 0.370. The number of aromatic hydroxyl groups is 1. The monoisotopic (exact) mass is 450 g/mol. The van der Waals surface area contributed by atoms with Crippen LogP contribution >= 0.6 is 0 Å². The lowest BCUT2D eigenvalue weighted by atomic mass is 10.1. The van der Waals surface area contributed by atoms with Crippen molar-refractivity contribution >= 4 is 28.7 Å². The zero-order chi connectivity index (χ0) is 23.5. The summed E-state index contributed by atoms with van der Waals surface area (Å²) in [5.74, 6) is -0.667. The SMILES string of the molecule is CN(C)C(=O)c1cccc(Nc2c(Nc3ccccc3CN3CCOCC3)c(=O)c2=O)c1O. The summed E-state index contributed by atoms with van der Waals surface area (Å²) in [6, 6.07) is 12.2. The van der Waals surface area contributed by atoms with Crippen molar-refractivity contribution in [2.24, 2.45) is 0 Å². The number of benzene rings is 2. The van der Waals surface area contributed by atoms with Gasteiger partial charge in [0.05, 0.1) is 24.5 Å². The maximum Gasteiger partial charge on any atom is 0.257 e. The molecule has 33 heavy (non-hydrogen) atoms. The molecule has 9 nitrogen and oxygen atoms in total. The molecule has 0 saturated carbocycles. The summed E-state index contributed by atoms with van der Waals surface area (Å²) >= 11 is 0. The van der Waals surface area contributed by atoms with E-state index in [9.17, 15) is 19.5 Å². The number of carbonyl (C=O) groups is 1. The molecule has 0 unspecified atom stereocenters. The maximum absolute atomic E-state index is 12.4. The largest absolute Gasteiger partial charge is 0.505 e. The first-order chi connectivity index (χ1) is 15.9. The fraction of sp³-hybridized carbons (Fsp3) is 0.292. The highest BCUT2D eigenvalue weighted by Crippen LogP contribution is 2.33. The van der Waals surface area contributed by atoms with Gasteiger partial charge in [0.25, 0.3) is 16.8 Å². The van der Waals surface area contributed by atoms with Gasteiger partial charge in [-0.1, -0.05) is 24.3 Å². The molecule has 1 amide bonds. The van der Waals surface area contributed by atoms with E-state index in [-0.39, 0.29) is 34.3 Å². The Balaban J connectivity index is 1.59. The van der Waals surface area contributed by atoms with Gasteiger partial charge in [-0.15, -0.1) is 0 Å². The zero-order valence-electron chi connectivity index (χ0n) is 18.6. The van der Waals surface area contributed by atoms with Crippen molar-refractivity contribution in [3.05, 3.63) is 74.0 Å². The molecule has 0 radical (unpaired) electrons. The van der Waals surface area contributed by atoms with E-state index in [1.54, 1.807) is 20.2 Å². The van der Waals surface area contributed by atoms with Crippen LogP contribution in [-0.2, 0) is 11.3 Å². The number of rotatable bonds is 7. The van der Waals surface area contributed by atoms with Crippen LogP contribution in [0.25, 0.3) is 0 Å². The van der Waals surface area contributed by atoms with E-state index < -0.39 is 10.9 Å². The summed E-state index contributed by atoms with van der Waals surface area (Å²) in [5.41, 5.74) is 0.808. The van der Waals surface area contributed by atoms with Gasteiger partial charge < -0.3 is 25.4 Å². The van der Waals surface area contributed by atoms with E-state index in [1.807, 2.05) is 24.3 Å². The molecule has 3 aromatic rings. The molecule has 0 aromatic heterocycles. The third kappa shape index (κ3) is 4.59. The van der Waals surface area contributed by atoms with Crippen molar-refractivity contribution in [2.75, 3.05) is 51.0 Å². The van der Waals surface area contributed by atoms with E-state index in [2.05, 4.69) is 15.5 Å². The van der Waals surface area contributed by atoms with Gasteiger partial charge in [-0.25, -0.2) is 0 Å². The molecule has 0 bridgehead atoms. The summed E-state index contributed by atoms with van der Waals surface area (Å²) in [5, 5.41) is 16.5. The number of ether oxygens (including phenoxy) is 1. The third-order valence-electron chi connectivity index (χ3n) is 5.62. The smallest absolute Gasteiger partial charge is 0.257 e. The molecular formula is C24H26N4O5. The Kier molecular flexibility index (Phi) is 6.43. The standard InChI is InChI=1S/C24H26N4O5/c1-27(2)24(32)16-7-5-9-18(21(16)29)26-20-19(22(30)23(20)31)25-17-8-4-3-6-15(17)14-28-10-12-33-13-11-28/h3-9,25-26,29H,10-14H2,1-2H3. The Morgan fingerprint density at radius 2 is 1.58 bits per heavy atom. The van der Waals surface area contributed by atoms with Gasteiger partial charge in [-0.05, 0) is 23.8 Å². The minimum absolute atomic E-state index is 0.0472. The van der Waals surface area contributed by atoms with Crippen LogP contribution in [0.5, 0.6) is 5.75 Å². The first-order valence-electron chi connectivity index (χ1n) is 10.7. The molecule has 172 valence electrons. The molecular weight excluding hydrogens is 424 g/mol. The van der Waals surface area contributed by atoms with Gasteiger partial charge >= 0.3 is 0 Å². The summed E-state index contributed by atoms with van der Waals surface area (Å²) in [7, 11) is 3.16. The normalized spacial score (nSPS) is 14.2. The molecule has 1 aliphatic rings. The first-order valence-corrected chi connectivity index (χ1v) is 10.7. The average molecular weight is 450 g/mol. The lowest BCUT2D eigenvalue weighted by Crippen LogP contribution is -2.37. The number of amides is 1. The van der Waals surface area contributed by atoms with Crippen molar-refractivity contribution < 1.29 is 14.6 Å². The van der Waals surface area contributed by atoms with E-state index in [4.69, 9.17) is 4.74 Å². The van der Waals surface area contributed by atoms with Crippen LogP contribution < -0.4 is 21.5 Å². The number of phenolic OH excluding ortho intramolecular Hbond substituents is 1. The van der Waals surface area contributed by atoms with Crippen molar-refractivity contribution in [1.82, 2.24) is 9.80 Å². The highest BCUT2D eigenvalue weighted by molar-refractivity contribution is 5.99. The molecule has 3 N–H and O–H groups in total. The Hall–Kier alpha value is -3.69. The zero-order valence-corrected chi connectivity index (χ0v) is 18.6. The van der Waals surface area contributed by atoms with E-state index in [0.29, 0.717) is 19.8 Å². The number of nitrogens with one attached hydrogen (secondary N) is 2. The second kappa shape index (κ2) is 9.43. The van der Waals surface area contributed by atoms with Crippen LogP contribution in [0.2, 0.25) is 0 Å². The summed E-state index contributed by atoms with van der Waals surface area (Å²) in [4.78, 5) is 40.6. The molecule has 3 aromatic carbocycles. The van der Waals surface area contributed by atoms with Crippen molar-refractivity contribution in [1.29, 1.82) is 0 Å². The average Bonchev–Trinajstić information content (AvgIpc) is 2.83. The predicted octanol–water partition coefficient (Wildman–Crippen LogP) is 2.01. The van der Waals surface area contributed by atoms with Crippen molar-refractivity contribution in [3.63, 3.8) is 0 Å². The lowest BCUT2D eigenvalue weighted by Gasteiger charge is -2.27. The van der Waals surface area contributed by atoms with Crippen LogP contribution in [-0.4, -0.2) is 61.2 Å². The topological polar surface area (TPSA) is 111 Å². The number of carbonyl (C=O) groups excluding carboxylic acids is 1. The molecule has 9 heteroatoms. The Labute approximate surface area is 190 Å². The number of phenols is 1. The molecule has 1 fully saturated rings. The van der Waals surface area contributed by atoms with Crippen LogP contribution in [0.4, 0.5) is 22.7 Å². The van der Waals surface area contributed by atoms with Gasteiger partial charge in [0.2, 0.25) is 0 Å². The number of hydrogen-bond acceptors (Lipinski definition) is 8. The molecule has 0 atom stereocenters. The molecule has 0 aliphatic carbocycles. The summed E-state index contributed by atoms with van der Waals surface area (Å²) in [6.07, 6.45) is 0. The highest BCUT2D eigenvalue weighted by atomic mass is 16.5. The minimum atomic E-state index is -0.688. The Morgan fingerprint density at radius 3 is 2.24 bits per heavy atom. The van der Waals surface area contributed by atoms with Gasteiger partial charge in [0.15, 0.2) is 5.75 Å². The molecule has 0 spiro atoms. The van der Waals surface area contributed by atoms with Gasteiger partial charge in [0.1, 0.15) is 11.4 Å². The van der Waals surface area contributed by atoms with Crippen LogP contribution in [0.15, 0.2) is 52.1 Å². The number of hydrogen-bond donors (Lipinski definition) is 3. The Morgan fingerprint density at radius 1 is 0.970 bits per heavy atom. The second-order valence-corrected chi connectivity index (χ2v) is 8.11. The first kappa shape index (κ1) is 22.5. The van der Waals surface area contributed by atoms with E-state index >= 15 is 0 Å². The summed E-state index contributed by atoms with van der Waals surface area (Å²) < 4.78 is 5.40. The Bertz CT molecular complexity index is 1240. The number of para-hydroxylation sites is 2. The highest BCUT2D eigenvalue weighted by Gasteiger charge is 2.24. The molecule has 1 aliphatic heterocycles. The molecule has 4 rings (SSSR count). The fourth-order valence-corrected chi connectivity index (χ4v) is 3.74. The van der Waals surface area contributed by atoms with Gasteiger partial charge in [0, 0.05) is 39.4 Å². The van der Waals surface area contributed by atoms with E-state index in [1.165, 1.54) is 17.0 Å². The van der Waals surface area contributed by atoms with Gasteiger partial charge in [-0.2, -0.15) is 0 Å². The number of morpholine rings is 1. The van der Waals surface area contributed by atoms with Crippen LogP contribution in [0.3, 0.4) is 0 Å². The number of nitrogens with zero attached hydrogens (tertiary/aromatic N) is 2. The lowest BCUT2D eigenvalue weighted by molar-refractivity contribution is 0.0343. The number of anilines is 4. The van der Waals surface area contributed by atoms with Crippen LogP contribution in [0, 0.1) is 0 Å². The van der Waals surface area contributed by atoms with Crippen molar-refractivity contribution in [2.45, 2.75) is 6.54 Å². The summed E-state index contributed by atoms with van der Waals surface area (Å²) in [6.45, 7) is 3.69. The third-order valence-corrected chi connectivity index (χ3v) is 5.62.